The summed E-state index contributed by atoms with van der Waals surface area (Å²) in [6, 6.07) is 8.44. The van der Waals surface area contributed by atoms with Crippen molar-refractivity contribution in [3.63, 3.8) is 0 Å². The molecule has 0 radical (unpaired) electrons. The summed E-state index contributed by atoms with van der Waals surface area (Å²) in [5, 5.41) is 5.27. The van der Waals surface area contributed by atoms with Crippen molar-refractivity contribution < 1.29 is 14.4 Å². The molecular formula is C29H43N9O4. The van der Waals surface area contributed by atoms with Crippen LogP contribution in [0.15, 0.2) is 41.3 Å². The van der Waals surface area contributed by atoms with E-state index in [-0.39, 0.29) is 11.7 Å². The third-order valence-electron chi connectivity index (χ3n) is 8.07. The summed E-state index contributed by atoms with van der Waals surface area (Å²) in [5.41, 5.74) is 12.9. The van der Waals surface area contributed by atoms with E-state index in [0.717, 1.165) is 37.8 Å². The zero-order valence-electron chi connectivity index (χ0n) is 24.7. The molecule has 1 aliphatic heterocycles. The molecule has 1 saturated carbocycles. The lowest BCUT2D eigenvalue weighted by molar-refractivity contribution is -0.137. The Balaban J connectivity index is 1.27. The average molecular weight is 582 g/mol. The first kappa shape index (κ1) is 31.1. The molecule has 1 saturated heterocycles. The highest BCUT2D eigenvalue weighted by molar-refractivity contribution is 5.90. The van der Waals surface area contributed by atoms with Crippen molar-refractivity contribution in [1.82, 2.24) is 29.6 Å². The van der Waals surface area contributed by atoms with Crippen molar-refractivity contribution in [2.45, 2.75) is 70.2 Å². The number of piperazine rings is 1. The molecule has 228 valence electrons. The van der Waals surface area contributed by atoms with Crippen LogP contribution in [-0.4, -0.2) is 99.5 Å². The number of nitrogens with two attached hydrogens (primary N) is 2. The first-order chi connectivity index (χ1) is 20.0. The van der Waals surface area contributed by atoms with Crippen LogP contribution >= 0.6 is 0 Å². The lowest BCUT2D eigenvalue weighted by Crippen LogP contribution is -2.56. The van der Waals surface area contributed by atoms with Gasteiger partial charge in [0.2, 0.25) is 11.8 Å². The van der Waals surface area contributed by atoms with Crippen molar-refractivity contribution in [3.05, 3.63) is 52.6 Å². The van der Waals surface area contributed by atoms with E-state index in [4.69, 9.17) is 11.5 Å². The number of anilines is 1. The standard InChI is InChI=1S/C29H43N9O4/c1-19(30)26(39)32-20(2)27(40)36-14-16-37(17-15-36)28(41)33-25-12-13-38(29(42)34-25)24-8-4-21(5-9-24)18-35(3)23-10-6-22(31)7-11-23/h4-5,8-9,12-13,19-20,22-23H,6-7,10-11,14-18,30-31H2,1-3H3,(H,32,39)(H,33,34,41,42)/t19-,20-,22?,23?/m1/s1. The third kappa shape index (κ3) is 7.93. The lowest BCUT2D eigenvalue weighted by atomic mass is 9.91. The molecule has 6 N–H and O–H groups in total. The van der Waals surface area contributed by atoms with Gasteiger partial charge in [-0.2, -0.15) is 4.98 Å². The first-order valence-corrected chi connectivity index (χ1v) is 14.6. The Bertz CT molecular complexity index is 1300. The van der Waals surface area contributed by atoms with Gasteiger partial charge in [0.1, 0.15) is 11.9 Å². The summed E-state index contributed by atoms with van der Waals surface area (Å²) >= 11 is 0. The number of nitrogens with zero attached hydrogens (tertiary/aromatic N) is 5. The Hall–Kier alpha value is -3.81. The molecule has 4 rings (SSSR count). The second-order valence-corrected chi connectivity index (χ2v) is 11.4. The van der Waals surface area contributed by atoms with Crippen LogP contribution in [0.25, 0.3) is 5.69 Å². The van der Waals surface area contributed by atoms with Crippen LogP contribution in [-0.2, 0) is 16.1 Å². The number of amides is 4. The number of hydrogen-bond donors (Lipinski definition) is 4. The molecule has 13 nitrogen and oxygen atoms in total. The number of urea groups is 1. The molecule has 2 heterocycles. The van der Waals surface area contributed by atoms with Gasteiger partial charge in [-0.1, -0.05) is 12.1 Å². The number of nitrogens with one attached hydrogen (secondary N) is 2. The third-order valence-corrected chi connectivity index (χ3v) is 8.07. The quantitative estimate of drug-likeness (QED) is 0.348. The Morgan fingerprint density at radius 3 is 2.21 bits per heavy atom. The molecule has 42 heavy (non-hydrogen) atoms. The van der Waals surface area contributed by atoms with E-state index in [9.17, 15) is 19.2 Å². The highest BCUT2D eigenvalue weighted by atomic mass is 16.2. The highest BCUT2D eigenvalue weighted by Crippen LogP contribution is 2.22. The molecule has 0 bridgehead atoms. The Morgan fingerprint density at radius 1 is 1.00 bits per heavy atom. The fourth-order valence-electron chi connectivity index (χ4n) is 5.39. The molecule has 2 atom stereocenters. The summed E-state index contributed by atoms with van der Waals surface area (Å²) < 4.78 is 1.43. The number of carbonyl (C=O) groups is 3. The molecule has 13 heteroatoms. The van der Waals surface area contributed by atoms with Gasteiger partial charge in [0.25, 0.3) is 0 Å². The van der Waals surface area contributed by atoms with E-state index >= 15 is 0 Å². The molecule has 2 aliphatic rings. The van der Waals surface area contributed by atoms with Crippen LogP contribution in [0.2, 0.25) is 0 Å². The SMILES string of the molecule is C[C@@H](N)C(=O)N[C@H](C)C(=O)N1CCN(C(=O)Nc2ccn(-c3ccc(CN(C)C4CCC(N)CC4)cc3)c(=O)n2)CC1. The van der Waals surface area contributed by atoms with Gasteiger partial charge in [-0.25, -0.2) is 9.59 Å². The number of aromatic nitrogens is 2. The molecule has 4 amide bonds. The van der Waals surface area contributed by atoms with Crippen LogP contribution in [0.1, 0.15) is 45.1 Å². The topological polar surface area (TPSA) is 172 Å². The van der Waals surface area contributed by atoms with E-state index < -0.39 is 29.7 Å². The Morgan fingerprint density at radius 2 is 1.62 bits per heavy atom. The fraction of sp³-hybridized carbons (Fsp3) is 0.552. The van der Waals surface area contributed by atoms with Crippen molar-refractivity contribution in [2.24, 2.45) is 11.5 Å². The lowest BCUT2D eigenvalue weighted by Gasteiger charge is -2.36. The first-order valence-electron chi connectivity index (χ1n) is 14.6. The van der Waals surface area contributed by atoms with Crippen molar-refractivity contribution in [3.8, 4) is 5.69 Å². The van der Waals surface area contributed by atoms with Gasteiger partial charge in [0, 0.05) is 51.0 Å². The summed E-state index contributed by atoms with van der Waals surface area (Å²) in [6.07, 6.45) is 5.95. The van der Waals surface area contributed by atoms with E-state index in [0.29, 0.717) is 44.0 Å². The summed E-state index contributed by atoms with van der Waals surface area (Å²) in [6.45, 7) is 5.23. The smallest absolute Gasteiger partial charge is 0.343 e. The minimum atomic E-state index is -0.710. The summed E-state index contributed by atoms with van der Waals surface area (Å²) in [7, 11) is 2.14. The van der Waals surface area contributed by atoms with Crippen LogP contribution in [0.4, 0.5) is 10.6 Å². The zero-order chi connectivity index (χ0) is 30.4. The van der Waals surface area contributed by atoms with Gasteiger partial charge >= 0.3 is 11.7 Å². The maximum absolute atomic E-state index is 12.8. The number of benzene rings is 1. The van der Waals surface area contributed by atoms with Crippen molar-refractivity contribution >= 4 is 23.7 Å². The normalized spacial score (nSPS) is 20.6. The largest absolute Gasteiger partial charge is 0.354 e. The molecule has 1 aromatic heterocycles. The van der Waals surface area contributed by atoms with E-state index in [1.165, 1.54) is 4.57 Å². The number of hydrogen-bond acceptors (Lipinski definition) is 8. The van der Waals surface area contributed by atoms with E-state index in [1.54, 1.807) is 35.9 Å². The Kier molecular flexibility index (Phi) is 10.3. The number of carbonyl (C=O) groups excluding carboxylic acids is 3. The predicted octanol–water partition coefficient (Wildman–Crippen LogP) is 0.462. The van der Waals surface area contributed by atoms with Crippen molar-refractivity contribution in [2.75, 3.05) is 38.5 Å². The molecular weight excluding hydrogens is 538 g/mol. The van der Waals surface area contributed by atoms with Gasteiger partial charge in [-0.3, -0.25) is 24.4 Å². The second kappa shape index (κ2) is 13.9. The average Bonchev–Trinajstić information content (AvgIpc) is 2.97. The van der Waals surface area contributed by atoms with Gasteiger partial charge in [0.15, 0.2) is 0 Å². The monoisotopic (exact) mass is 581 g/mol. The van der Waals surface area contributed by atoms with Crippen molar-refractivity contribution in [1.29, 1.82) is 0 Å². The highest BCUT2D eigenvalue weighted by Gasteiger charge is 2.28. The predicted molar refractivity (Wildman–Crippen MR) is 160 cm³/mol. The zero-order valence-corrected chi connectivity index (χ0v) is 24.7. The maximum atomic E-state index is 12.8. The fourth-order valence-corrected chi connectivity index (χ4v) is 5.39. The van der Waals surface area contributed by atoms with Gasteiger partial charge in [-0.05, 0) is 70.3 Å². The molecule has 2 fully saturated rings. The van der Waals surface area contributed by atoms with E-state index in [1.807, 2.05) is 24.3 Å². The second-order valence-electron chi connectivity index (χ2n) is 11.4. The Labute approximate surface area is 246 Å². The van der Waals surface area contributed by atoms with Gasteiger partial charge in [-0.15, -0.1) is 0 Å². The molecule has 0 spiro atoms. The minimum absolute atomic E-state index is 0.150. The van der Waals surface area contributed by atoms with Crippen LogP contribution in [0, 0.1) is 0 Å². The van der Waals surface area contributed by atoms with Gasteiger partial charge in [0.05, 0.1) is 11.7 Å². The van der Waals surface area contributed by atoms with Crippen LogP contribution < -0.4 is 27.8 Å². The number of rotatable bonds is 8. The van der Waals surface area contributed by atoms with Crippen LogP contribution in [0.3, 0.4) is 0 Å². The summed E-state index contributed by atoms with van der Waals surface area (Å²) in [4.78, 5) is 59.6. The molecule has 2 aromatic rings. The minimum Gasteiger partial charge on any atom is -0.343 e. The molecule has 1 aliphatic carbocycles. The van der Waals surface area contributed by atoms with Crippen LogP contribution in [0.5, 0.6) is 0 Å². The van der Waals surface area contributed by atoms with Gasteiger partial charge < -0.3 is 26.6 Å². The maximum Gasteiger partial charge on any atom is 0.354 e. The molecule has 1 aromatic carbocycles. The summed E-state index contributed by atoms with van der Waals surface area (Å²) in [5.74, 6) is -0.481. The molecule has 0 unspecified atom stereocenters. The van der Waals surface area contributed by atoms with E-state index in [2.05, 4.69) is 27.6 Å².